The second-order valence-electron chi connectivity index (χ2n) is 7.61. The third kappa shape index (κ3) is 5.11. The summed E-state index contributed by atoms with van der Waals surface area (Å²) < 4.78 is 49.1. The van der Waals surface area contributed by atoms with Crippen LogP contribution in [0.2, 0.25) is 0 Å². The standard InChI is InChI=1S/C18H18BrFN5O9P/c19-10-7-9(1-2-11(10)20)12-4-6-31-35(30,34-12)32-8-18(23-24-21)15(28)14(27)16(33-18)25-5-3-13(26)22-17(25)29/h1-3,5,7,12,14-16,27-28H,4,6,8H2,(H,22,26,29)/t12-,14-,15+,16-,18-,35+/m1/s1. The van der Waals surface area contributed by atoms with E-state index in [0.29, 0.717) is 5.56 Å². The number of aliphatic hydroxyl groups excluding tert-OH is 2. The molecule has 2 aliphatic heterocycles. The number of aromatic nitrogens is 2. The molecule has 2 aliphatic rings. The fourth-order valence-electron chi connectivity index (χ4n) is 3.62. The molecule has 1 aromatic heterocycles. The van der Waals surface area contributed by atoms with Crippen LogP contribution >= 0.6 is 23.8 Å². The second kappa shape index (κ2) is 9.93. The maximum absolute atomic E-state index is 13.6. The van der Waals surface area contributed by atoms with Crippen LogP contribution in [0.15, 0.2) is 49.6 Å². The van der Waals surface area contributed by atoms with Gasteiger partial charge < -0.3 is 14.9 Å². The van der Waals surface area contributed by atoms with Crippen LogP contribution in [0.4, 0.5) is 4.39 Å². The predicted octanol–water partition coefficient (Wildman–Crippen LogP) is 2.00. The molecule has 2 fully saturated rings. The van der Waals surface area contributed by atoms with E-state index in [1.54, 1.807) is 0 Å². The topological polar surface area (TPSA) is 198 Å². The molecule has 3 N–H and O–H groups in total. The average molecular weight is 578 g/mol. The number of hydrogen-bond acceptors (Lipinski definition) is 10. The van der Waals surface area contributed by atoms with E-state index in [0.717, 1.165) is 16.8 Å². The van der Waals surface area contributed by atoms with Crippen molar-refractivity contribution in [3.8, 4) is 0 Å². The number of azide groups is 1. The van der Waals surface area contributed by atoms with Gasteiger partial charge >= 0.3 is 13.5 Å². The summed E-state index contributed by atoms with van der Waals surface area (Å²) in [5, 5.41) is 24.5. The summed E-state index contributed by atoms with van der Waals surface area (Å²) in [6, 6.07) is 5.06. The monoisotopic (exact) mass is 577 g/mol. The van der Waals surface area contributed by atoms with Crippen LogP contribution < -0.4 is 11.2 Å². The molecule has 0 aliphatic carbocycles. The van der Waals surface area contributed by atoms with E-state index >= 15 is 0 Å². The van der Waals surface area contributed by atoms with Crippen molar-refractivity contribution < 1.29 is 37.5 Å². The molecule has 0 radical (unpaired) electrons. The van der Waals surface area contributed by atoms with Gasteiger partial charge in [0.1, 0.15) is 18.0 Å². The fourth-order valence-corrected chi connectivity index (χ4v) is 5.42. The van der Waals surface area contributed by atoms with Gasteiger partial charge in [-0.2, -0.15) is 0 Å². The number of nitrogens with one attached hydrogen (secondary N) is 1. The van der Waals surface area contributed by atoms with Crippen LogP contribution in [0.3, 0.4) is 0 Å². The first-order valence-electron chi connectivity index (χ1n) is 10.0. The van der Waals surface area contributed by atoms with Gasteiger partial charge in [-0.05, 0) is 39.2 Å². The molecule has 188 valence electrons. The van der Waals surface area contributed by atoms with Crippen molar-refractivity contribution in [2.24, 2.45) is 5.11 Å². The van der Waals surface area contributed by atoms with E-state index in [4.69, 9.17) is 23.8 Å². The Morgan fingerprint density at radius 3 is 2.86 bits per heavy atom. The molecule has 0 amide bonds. The Hall–Kier alpha value is -2.39. The minimum atomic E-state index is -4.32. The van der Waals surface area contributed by atoms with Gasteiger partial charge in [0.05, 0.1) is 23.8 Å². The number of H-pyrrole nitrogens is 1. The van der Waals surface area contributed by atoms with Gasteiger partial charge in [-0.1, -0.05) is 11.2 Å². The molecule has 14 nitrogen and oxygen atoms in total. The number of phosphoric acid groups is 1. The largest absolute Gasteiger partial charge is 0.475 e. The van der Waals surface area contributed by atoms with E-state index in [-0.39, 0.29) is 17.5 Å². The zero-order valence-electron chi connectivity index (χ0n) is 17.6. The van der Waals surface area contributed by atoms with Crippen LogP contribution in [0.25, 0.3) is 10.4 Å². The number of aromatic amines is 1. The molecule has 2 saturated heterocycles. The summed E-state index contributed by atoms with van der Waals surface area (Å²) in [6.45, 7) is -0.964. The van der Waals surface area contributed by atoms with Crippen molar-refractivity contribution in [3.63, 3.8) is 0 Å². The Kier molecular flexibility index (Phi) is 7.29. The Morgan fingerprint density at radius 2 is 2.17 bits per heavy atom. The Labute approximate surface area is 203 Å². The number of benzene rings is 1. The zero-order valence-corrected chi connectivity index (χ0v) is 20.0. The summed E-state index contributed by atoms with van der Waals surface area (Å²) >= 11 is 3.07. The molecule has 6 atom stereocenters. The Morgan fingerprint density at radius 1 is 1.40 bits per heavy atom. The third-order valence-corrected chi connectivity index (χ3v) is 7.44. The maximum atomic E-state index is 13.6. The molecule has 1 aromatic carbocycles. The number of phosphoric ester groups is 1. The van der Waals surface area contributed by atoms with Gasteiger partial charge in [0, 0.05) is 23.6 Å². The minimum absolute atomic E-state index is 0.0626. The van der Waals surface area contributed by atoms with Crippen LogP contribution in [-0.4, -0.2) is 50.9 Å². The highest BCUT2D eigenvalue weighted by Crippen LogP contribution is 2.58. The third-order valence-electron chi connectivity index (χ3n) is 5.37. The van der Waals surface area contributed by atoms with Crippen LogP contribution in [0, 0.1) is 5.82 Å². The molecule has 3 heterocycles. The van der Waals surface area contributed by atoms with Gasteiger partial charge in [0.2, 0.25) is 5.72 Å². The van der Waals surface area contributed by atoms with Gasteiger partial charge in [-0.25, -0.2) is 13.8 Å². The molecule has 17 heteroatoms. The van der Waals surface area contributed by atoms with Crippen molar-refractivity contribution in [3.05, 3.63) is 77.6 Å². The maximum Gasteiger partial charge on any atom is 0.475 e. The van der Waals surface area contributed by atoms with E-state index in [9.17, 15) is 28.8 Å². The SMILES string of the molecule is [N-]=[N+]=N[C@]1(CO[P@]2(=O)OCC[C@H](c3ccc(F)c(Br)c3)O2)O[C@@H](n2ccc(=O)[nH]c2=O)[C@H](O)[C@@H]1O. The van der Waals surface area contributed by atoms with Crippen LogP contribution in [-0.2, 0) is 22.9 Å². The summed E-state index contributed by atoms with van der Waals surface area (Å²) in [5.74, 6) is -0.501. The lowest BCUT2D eigenvalue weighted by atomic mass is 10.1. The van der Waals surface area contributed by atoms with Gasteiger partial charge in [-0.3, -0.25) is 27.9 Å². The zero-order chi connectivity index (χ0) is 25.4. The molecule has 35 heavy (non-hydrogen) atoms. The Balaban J connectivity index is 1.55. The number of ether oxygens (including phenoxy) is 1. The van der Waals surface area contributed by atoms with Gasteiger partial charge in [0.25, 0.3) is 5.56 Å². The molecule has 0 spiro atoms. The first-order chi connectivity index (χ1) is 16.6. The quantitative estimate of drug-likeness (QED) is 0.199. The Bertz CT molecular complexity index is 1330. The summed E-state index contributed by atoms with van der Waals surface area (Å²) in [7, 11) is -4.32. The number of hydrogen-bond donors (Lipinski definition) is 3. The van der Waals surface area contributed by atoms with E-state index in [1.165, 1.54) is 18.2 Å². The van der Waals surface area contributed by atoms with E-state index in [1.807, 2.05) is 4.98 Å². The smallest absolute Gasteiger partial charge is 0.387 e. The molecular formula is C18H18BrFN5O9P. The van der Waals surface area contributed by atoms with Crippen molar-refractivity contribution in [2.45, 2.75) is 36.7 Å². The molecule has 4 rings (SSSR count). The van der Waals surface area contributed by atoms with Crippen molar-refractivity contribution in [2.75, 3.05) is 13.2 Å². The van der Waals surface area contributed by atoms with Gasteiger partial charge in [-0.15, -0.1) is 0 Å². The highest BCUT2D eigenvalue weighted by atomic mass is 79.9. The molecular weight excluding hydrogens is 560 g/mol. The molecule has 2 aromatic rings. The van der Waals surface area contributed by atoms with Crippen molar-refractivity contribution in [1.29, 1.82) is 0 Å². The average Bonchev–Trinajstić information content (AvgIpc) is 3.05. The van der Waals surface area contributed by atoms with E-state index < -0.39 is 61.8 Å². The number of halogens is 2. The first kappa shape index (κ1) is 25.7. The van der Waals surface area contributed by atoms with Crippen molar-refractivity contribution >= 4 is 23.8 Å². The van der Waals surface area contributed by atoms with Crippen molar-refractivity contribution in [1.82, 2.24) is 9.55 Å². The predicted molar refractivity (Wildman–Crippen MR) is 117 cm³/mol. The highest BCUT2D eigenvalue weighted by molar-refractivity contribution is 9.10. The molecule has 0 saturated carbocycles. The lowest BCUT2D eigenvalue weighted by molar-refractivity contribution is -0.127. The fraction of sp³-hybridized carbons (Fsp3) is 0.444. The number of nitrogens with zero attached hydrogens (tertiary/aromatic N) is 4. The van der Waals surface area contributed by atoms with Crippen LogP contribution in [0.1, 0.15) is 24.3 Å². The lowest BCUT2D eigenvalue weighted by Crippen LogP contribution is -2.45. The summed E-state index contributed by atoms with van der Waals surface area (Å²) in [4.78, 5) is 28.0. The highest BCUT2D eigenvalue weighted by Gasteiger charge is 2.56. The lowest BCUT2D eigenvalue weighted by Gasteiger charge is -2.32. The normalized spacial score (nSPS) is 32.8. The van der Waals surface area contributed by atoms with E-state index in [2.05, 4.69) is 26.0 Å². The summed E-state index contributed by atoms with van der Waals surface area (Å²) in [5.41, 5.74) is 5.50. The number of aliphatic hydroxyl groups is 2. The van der Waals surface area contributed by atoms with Gasteiger partial charge in [0.15, 0.2) is 6.23 Å². The number of rotatable bonds is 6. The summed E-state index contributed by atoms with van der Waals surface area (Å²) in [6.07, 6.45) is -4.87. The first-order valence-corrected chi connectivity index (χ1v) is 12.3. The van der Waals surface area contributed by atoms with Crippen LogP contribution in [0.5, 0.6) is 0 Å². The second-order valence-corrected chi connectivity index (χ2v) is 10.1. The molecule has 0 unspecified atom stereocenters. The minimum Gasteiger partial charge on any atom is -0.387 e. The molecule has 0 bridgehead atoms.